The van der Waals surface area contributed by atoms with Crippen molar-refractivity contribution in [2.24, 2.45) is 0 Å². The number of nitrogens with zero attached hydrogens (tertiary/aromatic N) is 1. The Labute approximate surface area is 144 Å². The number of carbonyl (C=O) groups is 1. The number of benzene rings is 1. The van der Waals surface area contributed by atoms with Gasteiger partial charge in [0.05, 0.1) is 17.1 Å². The molecule has 1 aliphatic heterocycles. The quantitative estimate of drug-likeness (QED) is 0.878. The van der Waals surface area contributed by atoms with Crippen LogP contribution in [-0.2, 0) is 14.8 Å². The number of amides is 1. The van der Waals surface area contributed by atoms with Gasteiger partial charge in [-0.05, 0) is 45.4 Å². The minimum absolute atomic E-state index is 0.0405. The van der Waals surface area contributed by atoms with Crippen LogP contribution in [0.3, 0.4) is 0 Å². The largest absolute Gasteiger partial charge is 0.373 e. The van der Waals surface area contributed by atoms with Crippen LogP contribution in [0.5, 0.6) is 0 Å². The molecule has 1 fully saturated rings. The summed E-state index contributed by atoms with van der Waals surface area (Å²) in [6.45, 7) is 8.23. The molecule has 6 nitrogen and oxygen atoms in total. The topological polar surface area (TPSA) is 75.7 Å². The van der Waals surface area contributed by atoms with E-state index in [1.165, 1.54) is 16.4 Å². The second-order valence-corrected chi connectivity index (χ2v) is 8.33. The molecule has 134 valence electrons. The summed E-state index contributed by atoms with van der Waals surface area (Å²) in [6, 6.07) is 6.24. The average molecular weight is 354 g/mol. The van der Waals surface area contributed by atoms with E-state index in [2.05, 4.69) is 5.32 Å². The van der Waals surface area contributed by atoms with Crippen molar-refractivity contribution in [3.63, 3.8) is 0 Å². The van der Waals surface area contributed by atoms with Gasteiger partial charge in [0.2, 0.25) is 10.0 Å². The number of morpholine rings is 1. The number of hydrogen-bond donors (Lipinski definition) is 1. The Hall–Kier alpha value is -1.44. The van der Waals surface area contributed by atoms with Crippen LogP contribution in [0.4, 0.5) is 0 Å². The number of sulfonamides is 1. The third kappa shape index (κ3) is 4.34. The van der Waals surface area contributed by atoms with Crippen molar-refractivity contribution in [3.8, 4) is 0 Å². The van der Waals surface area contributed by atoms with Crippen LogP contribution in [0.2, 0.25) is 0 Å². The maximum Gasteiger partial charge on any atom is 0.251 e. The van der Waals surface area contributed by atoms with E-state index < -0.39 is 10.0 Å². The van der Waals surface area contributed by atoms with Gasteiger partial charge in [-0.15, -0.1) is 0 Å². The van der Waals surface area contributed by atoms with Gasteiger partial charge in [-0.3, -0.25) is 4.79 Å². The smallest absolute Gasteiger partial charge is 0.251 e. The van der Waals surface area contributed by atoms with Crippen molar-refractivity contribution in [2.75, 3.05) is 13.1 Å². The van der Waals surface area contributed by atoms with Crippen LogP contribution < -0.4 is 5.32 Å². The standard InChI is InChI=1S/C17H26N2O4S/c1-5-12(2)18-17(20)15-7-6-8-16(9-15)24(21,22)19-10-13(3)23-14(4)11-19/h6-9,12-14H,5,10-11H2,1-4H3,(H,18,20). The normalized spacial score (nSPS) is 23.7. The Morgan fingerprint density at radius 2 is 1.96 bits per heavy atom. The molecule has 1 amide bonds. The zero-order valence-electron chi connectivity index (χ0n) is 14.7. The van der Waals surface area contributed by atoms with Gasteiger partial charge in [-0.2, -0.15) is 4.31 Å². The Morgan fingerprint density at radius 3 is 2.54 bits per heavy atom. The highest BCUT2D eigenvalue weighted by atomic mass is 32.2. The van der Waals surface area contributed by atoms with Gasteiger partial charge in [0.25, 0.3) is 5.91 Å². The average Bonchev–Trinajstić information content (AvgIpc) is 2.53. The molecule has 0 aromatic heterocycles. The first-order valence-corrected chi connectivity index (χ1v) is 9.74. The van der Waals surface area contributed by atoms with Crippen molar-refractivity contribution in [1.29, 1.82) is 0 Å². The molecule has 1 saturated heterocycles. The lowest BCUT2D eigenvalue weighted by Gasteiger charge is -2.34. The van der Waals surface area contributed by atoms with Gasteiger partial charge in [0.1, 0.15) is 0 Å². The molecule has 0 bridgehead atoms. The molecule has 1 N–H and O–H groups in total. The summed E-state index contributed by atoms with van der Waals surface area (Å²) >= 11 is 0. The molecule has 1 heterocycles. The van der Waals surface area contributed by atoms with Crippen molar-refractivity contribution in [2.45, 2.75) is 57.3 Å². The molecule has 2 rings (SSSR count). The van der Waals surface area contributed by atoms with Crippen LogP contribution in [0.15, 0.2) is 29.2 Å². The monoisotopic (exact) mass is 354 g/mol. The summed E-state index contributed by atoms with van der Waals surface area (Å²) in [7, 11) is -3.64. The zero-order valence-corrected chi connectivity index (χ0v) is 15.5. The van der Waals surface area contributed by atoms with Crippen molar-refractivity contribution >= 4 is 15.9 Å². The van der Waals surface area contributed by atoms with E-state index in [9.17, 15) is 13.2 Å². The number of ether oxygens (including phenoxy) is 1. The van der Waals surface area contributed by atoms with Gasteiger partial charge in [0.15, 0.2) is 0 Å². The Kier molecular flexibility index (Phi) is 6.01. The molecule has 3 unspecified atom stereocenters. The van der Waals surface area contributed by atoms with Crippen LogP contribution in [0.1, 0.15) is 44.5 Å². The molecule has 0 spiro atoms. The van der Waals surface area contributed by atoms with Crippen LogP contribution in [-0.4, -0.2) is 50.0 Å². The van der Waals surface area contributed by atoms with E-state index in [-0.39, 0.29) is 29.1 Å². The van der Waals surface area contributed by atoms with E-state index in [4.69, 9.17) is 4.74 Å². The molecule has 3 atom stereocenters. The Morgan fingerprint density at radius 1 is 1.33 bits per heavy atom. The third-order valence-electron chi connectivity index (χ3n) is 4.11. The first-order valence-electron chi connectivity index (χ1n) is 8.30. The van der Waals surface area contributed by atoms with Crippen molar-refractivity contribution in [3.05, 3.63) is 29.8 Å². The van der Waals surface area contributed by atoms with Crippen LogP contribution in [0.25, 0.3) is 0 Å². The molecule has 1 aliphatic rings. The lowest BCUT2D eigenvalue weighted by Crippen LogP contribution is -2.48. The lowest BCUT2D eigenvalue weighted by molar-refractivity contribution is -0.0440. The number of hydrogen-bond acceptors (Lipinski definition) is 4. The highest BCUT2D eigenvalue weighted by molar-refractivity contribution is 7.89. The van der Waals surface area contributed by atoms with E-state index >= 15 is 0 Å². The van der Waals surface area contributed by atoms with Crippen LogP contribution in [0, 0.1) is 0 Å². The van der Waals surface area contributed by atoms with Gasteiger partial charge in [0, 0.05) is 24.7 Å². The maximum atomic E-state index is 12.9. The zero-order chi connectivity index (χ0) is 17.9. The molecule has 1 aromatic carbocycles. The summed E-state index contributed by atoms with van der Waals surface area (Å²) in [4.78, 5) is 12.4. The Balaban J connectivity index is 2.25. The molecule has 0 aliphatic carbocycles. The minimum Gasteiger partial charge on any atom is -0.373 e. The molecular formula is C17H26N2O4S. The minimum atomic E-state index is -3.64. The van der Waals surface area contributed by atoms with E-state index in [1.807, 2.05) is 27.7 Å². The Bertz CT molecular complexity index is 680. The summed E-state index contributed by atoms with van der Waals surface area (Å²) < 4.78 is 32.8. The predicted molar refractivity (Wildman–Crippen MR) is 92.4 cm³/mol. The molecule has 0 radical (unpaired) electrons. The van der Waals surface area contributed by atoms with E-state index in [0.29, 0.717) is 18.7 Å². The third-order valence-corrected chi connectivity index (χ3v) is 5.94. The van der Waals surface area contributed by atoms with Crippen molar-refractivity contribution < 1.29 is 17.9 Å². The fourth-order valence-corrected chi connectivity index (χ4v) is 4.32. The molecule has 7 heteroatoms. The predicted octanol–water partition coefficient (Wildman–Crippen LogP) is 2.01. The van der Waals surface area contributed by atoms with Gasteiger partial charge >= 0.3 is 0 Å². The van der Waals surface area contributed by atoms with E-state index in [0.717, 1.165) is 6.42 Å². The fourth-order valence-electron chi connectivity index (χ4n) is 2.68. The molecule has 1 aromatic rings. The first kappa shape index (κ1) is 18.9. The second kappa shape index (κ2) is 7.63. The van der Waals surface area contributed by atoms with Crippen LogP contribution >= 0.6 is 0 Å². The fraction of sp³-hybridized carbons (Fsp3) is 0.588. The lowest BCUT2D eigenvalue weighted by atomic mass is 10.2. The molecule has 24 heavy (non-hydrogen) atoms. The molecular weight excluding hydrogens is 328 g/mol. The van der Waals surface area contributed by atoms with Gasteiger partial charge in [-0.1, -0.05) is 13.0 Å². The summed E-state index contributed by atoms with van der Waals surface area (Å²) in [5.41, 5.74) is 0.353. The van der Waals surface area contributed by atoms with E-state index in [1.54, 1.807) is 12.1 Å². The van der Waals surface area contributed by atoms with Crippen molar-refractivity contribution in [1.82, 2.24) is 9.62 Å². The summed E-state index contributed by atoms with van der Waals surface area (Å²) in [5, 5.41) is 2.85. The highest BCUT2D eigenvalue weighted by Gasteiger charge is 2.32. The SMILES string of the molecule is CCC(C)NC(=O)c1cccc(S(=O)(=O)N2CC(C)OC(C)C2)c1. The summed E-state index contributed by atoms with van der Waals surface area (Å²) in [5.74, 6) is -0.259. The number of nitrogens with one attached hydrogen (secondary N) is 1. The second-order valence-electron chi connectivity index (χ2n) is 6.39. The first-order chi connectivity index (χ1) is 11.2. The van der Waals surface area contributed by atoms with Gasteiger partial charge in [-0.25, -0.2) is 8.42 Å². The maximum absolute atomic E-state index is 12.9. The summed E-state index contributed by atoms with van der Waals surface area (Å²) in [6.07, 6.45) is 0.508. The molecule has 0 saturated carbocycles. The number of carbonyl (C=O) groups excluding carboxylic acids is 1. The van der Waals surface area contributed by atoms with Gasteiger partial charge < -0.3 is 10.1 Å². The highest BCUT2D eigenvalue weighted by Crippen LogP contribution is 2.22. The number of rotatable bonds is 5.